The van der Waals surface area contributed by atoms with Gasteiger partial charge in [0.05, 0.1) is 12.1 Å². The van der Waals surface area contributed by atoms with Gasteiger partial charge in [0, 0.05) is 19.2 Å². The summed E-state index contributed by atoms with van der Waals surface area (Å²) in [7, 11) is -2.17. The second-order valence-electron chi connectivity index (χ2n) is 5.15. The minimum atomic E-state index is -3.70. The van der Waals surface area contributed by atoms with Gasteiger partial charge in [0.25, 0.3) is 0 Å². The van der Waals surface area contributed by atoms with E-state index < -0.39 is 15.6 Å². The topological polar surface area (TPSA) is 94.6 Å². The summed E-state index contributed by atoms with van der Waals surface area (Å²) in [6.45, 7) is 7.19. The predicted octanol–water partition coefficient (Wildman–Crippen LogP) is 1.06. The minimum Gasteiger partial charge on any atom is -0.465 e. The van der Waals surface area contributed by atoms with Crippen LogP contribution in [-0.2, 0) is 21.3 Å². The number of ether oxygens (including phenoxy) is 1. The molecule has 1 heterocycles. The molecule has 0 aromatic carbocycles. The Bertz CT molecular complexity index is 546. The third-order valence-electron chi connectivity index (χ3n) is 2.71. The first-order valence-corrected chi connectivity index (χ1v) is 7.45. The summed E-state index contributed by atoms with van der Waals surface area (Å²) in [6.07, 6.45) is 0. The first-order chi connectivity index (χ1) is 8.64. The van der Waals surface area contributed by atoms with Crippen molar-refractivity contribution >= 4 is 10.0 Å². The molecule has 3 N–H and O–H groups in total. The minimum absolute atomic E-state index is 0.115. The van der Waals surface area contributed by atoms with Crippen LogP contribution in [0.4, 0.5) is 0 Å². The normalized spacial score (nSPS) is 12.9. The van der Waals surface area contributed by atoms with Crippen molar-refractivity contribution in [2.24, 2.45) is 5.73 Å². The molecular weight excluding hydrogens is 268 g/mol. The van der Waals surface area contributed by atoms with Gasteiger partial charge >= 0.3 is 0 Å². The van der Waals surface area contributed by atoms with Gasteiger partial charge in [0.15, 0.2) is 0 Å². The second-order valence-corrected chi connectivity index (χ2v) is 6.77. The Morgan fingerprint density at radius 2 is 1.89 bits per heavy atom. The molecule has 0 amide bonds. The van der Waals surface area contributed by atoms with E-state index in [1.807, 2.05) is 0 Å². The van der Waals surface area contributed by atoms with Crippen molar-refractivity contribution in [2.75, 3.05) is 13.7 Å². The zero-order valence-electron chi connectivity index (χ0n) is 12.0. The molecule has 1 aromatic rings. The highest BCUT2D eigenvalue weighted by atomic mass is 32.2. The number of hydrogen-bond acceptors (Lipinski definition) is 5. The molecule has 110 valence electrons. The lowest BCUT2D eigenvalue weighted by Gasteiger charge is -2.25. The maximum Gasteiger partial charge on any atom is 0.244 e. The fourth-order valence-electron chi connectivity index (χ4n) is 2.10. The average Bonchev–Trinajstić information content (AvgIpc) is 2.51. The number of aryl methyl sites for hydroxylation is 2. The molecule has 0 aliphatic heterocycles. The molecule has 0 spiro atoms. The summed E-state index contributed by atoms with van der Waals surface area (Å²) in [4.78, 5) is 0.136. The van der Waals surface area contributed by atoms with E-state index in [0.717, 1.165) is 0 Å². The highest BCUT2D eigenvalue weighted by Crippen LogP contribution is 2.27. The van der Waals surface area contributed by atoms with Crippen LogP contribution in [0.2, 0.25) is 0 Å². The van der Waals surface area contributed by atoms with Crippen LogP contribution in [-0.4, -0.2) is 27.7 Å². The molecule has 0 saturated carbocycles. The van der Waals surface area contributed by atoms with Crippen molar-refractivity contribution in [3.8, 4) is 0 Å². The molecule has 19 heavy (non-hydrogen) atoms. The van der Waals surface area contributed by atoms with Crippen molar-refractivity contribution < 1.29 is 17.6 Å². The van der Waals surface area contributed by atoms with Gasteiger partial charge in [-0.3, -0.25) is 0 Å². The van der Waals surface area contributed by atoms with Crippen LogP contribution in [0.1, 0.15) is 30.9 Å². The molecule has 0 aliphatic carbocycles. The maximum atomic E-state index is 12.5. The van der Waals surface area contributed by atoms with Gasteiger partial charge < -0.3 is 14.9 Å². The Hall–Kier alpha value is -0.890. The van der Waals surface area contributed by atoms with E-state index in [4.69, 9.17) is 14.9 Å². The number of nitrogens with two attached hydrogens (primary N) is 1. The quantitative estimate of drug-likeness (QED) is 0.817. The van der Waals surface area contributed by atoms with E-state index in [1.165, 1.54) is 7.11 Å². The van der Waals surface area contributed by atoms with Crippen molar-refractivity contribution in [1.82, 2.24) is 4.72 Å². The van der Waals surface area contributed by atoms with Crippen LogP contribution < -0.4 is 10.5 Å². The smallest absolute Gasteiger partial charge is 0.244 e. The largest absolute Gasteiger partial charge is 0.465 e. The Morgan fingerprint density at radius 3 is 2.37 bits per heavy atom. The highest BCUT2D eigenvalue weighted by molar-refractivity contribution is 7.89. The van der Waals surface area contributed by atoms with Crippen LogP contribution in [0, 0.1) is 13.8 Å². The SMILES string of the molecule is COCC(C)(C)NS(=O)(=O)c1c(C)oc(C)c1CN. The summed E-state index contributed by atoms with van der Waals surface area (Å²) in [5.74, 6) is 0.878. The van der Waals surface area contributed by atoms with E-state index in [2.05, 4.69) is 4.72 Å². The van der Waals surface area contributed by atoms with Crippen LogP contribution >= 0.6 is 0 Å². The van der Waals surface area contributed by atoms with Gasteiger partial charge in [-0.05, 0) is 27.7 Å². The Kier molecular flexibility index (Phi) is 4.78. The van der Waals surface area contributed by atoms with Crippen LogP contribution in [0.15, 0.2) is 9.31 Å². The summed E-state index contributed by atoms with van der Waals surface area (Å²) < 4.78 is 37.9. The number of rotatable bonds is 6. The van der Waals surface area contributed by atoms with Gasteiger partial charge in [-0.15, -0.1) is 0 Å². The number of furan rings is 1. The van der Waals surface area contributed by atoms with Crippen LogP contribution in [0.5, 0.6) is 0 Å². The van der Waals surface area contributed by atoms with E-state index in [9.17, 15) is 8.42 Å². The zero-order valence-corrected chi connectivity index (χ0v) is 12.8. The summed E-state index contributed by atoms with van der Waals surface area (Å²) in [5, 5.41) is 0. The first-order valence-electron chi connectivity index (χ1n) is 5.96. The summed E-state index contributed by atoms with van der Waals surface area (Å²) in [5.41, 5.74) is 5.41. The van der Waals surface area contributed by atoms with Crippen molar-refractivity contribution in [2.45, 2.75) is 44.7 Å². The monoisotopic (exact) mass is 290 g/mol. The molecule has 0 radical (unpaired) electrons. The van der Waals surface area contributed by atoms with Gasteiger partial charge in [0.2, 0.25) is 10.0 Å². The number of hydrogen-bond donors (Lipinski definition) is 2. The molecule has 0 atom stereocenters. The van der Waals surface area contributed by atoms with Gasteiger partial charge in [-0.2, -0.15) is 0 Å². The Balaban J connectivity index is 3.21. The van der Waals surface area contributed by atoms with Crippen LogP contribution in [0.25, 0.3) is 0 Å². The zero-order chi connectivity index (χ0) is 14.8. The predicted molar refractivity (Wildman–Crippen MR) is 72.3 cm³/mol. The average molecular weight is 290 g/mol. The summed E-state index contributed by atoms with van der Waals surface area (Å²) >= 11 is 0. The number of methoxy groups -OCH3 is 1. The number of sulfonamides is 1. The van der Waals surface area contributed by atoms with Crippen molar-refractivity contribution in [1.29, 1.82) is 0 Å². The fourth-order valence-corrected chi connectivity index (χ4v) is 3.96. The lowest BCUT2D eigenvalue weighted by Crippen LogP contribution is -2.46. The van der Waals surface area contributed by atoms with Gasteiger partial charge in [-0.25, -0.2) is 13.1 Å². The van der Waals surface area contributed by atoms with Crippen LogP contribution in [0.3, 0.4) is 0 Å². The van der Waals surface area contributed by atoms with E-state index >= 15 is 0 Å². The lowest BCUT2D eigenvalue weighted by atomic mass is 10.1. The molecule has 7 heteroatoms. The lowest BCUT2D eigenvalue weighted by molar-refractivity contribution is 0.141. The van der Waals surface area contributed by atoms with Gasteiger partial charge in [0.1, 0.15) is 16.4 Å². The van der Waals surface area contributed by atoms with Gasteiger partial charge in [-0.1, -0.05) is 0 Å². The standard InChI is InChI=1S/C12H22N2O4S/c1-8-10(6-13)11(9(2)18-8)19(15,16)14-12(3,4)7-17-5/h14H,6-7,13H2,1-5H3. The van der Waals surface area contributed by atoms with E-state index in [-0.39, 0.29) is 18.0 Å². The Morgan fingerprint density at radius 1 is 1.32 bits per heavy atom. The molecule has 1 aromatic heterocycles. The molecule has 0 bridgehead atoms. The molecule has 1 rings (SSSR count). The fraction of sp³-hybridized carbons (Fsp3) is 0.667. The third kappa shape index (κ3) is 3.56. The van der Waals surface area contributed by atoms with Crippen molar-refractivity contribution in [3.63, 3.8) is 0 Å². The van der Waals surface area contributed by atoms with Crippen molar-refractivity contribution in [3.05, 3.63) is 17.1 Å². The molecule has 0 aliphatic rings. The molecular formula is C12H22N2O4S. The third-order valence-corrected chi connectivity index (χ3v) is 4.61. The maximum absolute atomic E-state index is 12.5. The first kappa shape index (κ1) is 16.2. The molecule has 6 nitrogen and oxygen atoms in total. The van der Waals surface area contributed by atoms with E-state index in [0.29, 0.717) is 17.1 Å². The molecule has 0 unspecified atom stereocenters. The summed E-state index contributed by atoms with van der Waals surface area (Å²) in [6, 6.07) is 0. The Labute approximate surface area is 114 Å². The highest BCUT2D eigenvalue weighted by Gasteiger charge is 2.31. The molecule has 0 fully saturated rings. The number of nitrogens with one attached hydrogen (secondary N) is 1. The molecule has 0 saturated heterocycles. The van der Waals surface area contributed by atoms with E-state index in [1.54, 1.807) is 27.7 Å². The second kappa shape index (κ2) is 5.62.